The zero-order valence-electron chi connectivity index (χ0n) is 26.7. The van der Waals surface area contributed by atoms with Gasteiger partial charge in [-0.15, -0.1) is 0 Å². The lowest BCUT2D eigenvalue weighted by atomic mass is 9.73. The number of halogens is 3. The van der Waals surface area contributed by atoms with Crippen molar-refractivity contribution in [1.29, 1.82) is 5.26 Å². The van der Waals surface area contributed by atoms with E-state index in [0.29, 0.717) is 35.2 Å². The van der Waals surface area contributed by atoms with Crippen LogP contribution in [0.1, 0.15) is 27.8 Å². The molecule has 1 aliphatic carbocycles. The molecule has 0 saturated heterocycles. The number of rotatable bonds is 10. The molecule has 0 heterocycles. The number of nitro groups is 1. The Morgan fingerprint density at radius 3 is 2.27 bits per heavy atom. The number of hydrogen-bond acceptors (Lipinski definition) is 7. The van der Waals surface area contributed by atoms with Crippen molar-refractivity contribution in [3.05, 3.63) is 155 Å². The van der Waals surface area contributed by atoms with E-state index in [9.17, 15) is 28.6 Å². The molecule has 0 saturated carbocycles. The lowest BCUT2D eigenvalue weighted by Crippen LogP contribution is -2.42. The summed E-state index contributed by atoms with van der Waals surface area (Å²) >= 11 is 13.3. The average molecular weight is 850 g/mol. The minimum absolute atomic E-state index is 0.219. The first-order valence-corrected chi connectivity index (χ1v) is 19.1. The van der Waals surface area contributed by atoms with Crippen LogP contribution in [0.5, 0.6) is 5.75 Å². The molecule has 1 N–H and O–H groups in total. The van der Waals surface area contributed by atoms with E-state index in [1.54, 1.807) is 12.1 Å². The highest BCUT2D eigenvalue weighted by Gasteiger charge is 2.38. The zero-order valence-corrected chi connectivity index (χ0v) is 31.4. The predicted octanol–water partition coefficient (Wildman–Crippen LogP) is 8.97. The maximum Gasteiger partial charge on any atom is 0.289 e. The fourth-order valence-corrected chi connectivity index (χ4v) is 9.05. The quantitative estimate of drug-likeness (QED) is 0.109. The normalized spacial score (nSPS) is 15.3. The van der Waals surface area contributed by atoms with E-state index in [1.807, 2.05) is 48.5 Å². The number of nitro benzene ring substituents is 1. The number of sulfonamides is 1. The summed E-state index contributed by atoms with van der Waals surface area (Å²) < 4.78 is 36.5. The molecule has 1 unspecified atom stereocenters. The number of ether oxygens (including phenoxy) is 1. The van der Waals surface area contributed by atoms with Gasteiger partial charge in [-0.3, -0.25) is 14.9 Å². The highest BCUT2D eigenvalue weighted by molar-refractivity contribution is 9.11. The monoisotopic (exact) mass is 847 g/mol. The smallest absolute Gasteiger partial charge is 0.289 e. The van der Waals surface area contributed by atoms with Gasteiger partial charge in [-0.05, 0) is 121 Å². The van der Waals surface area contributed by atoms with E-state index in [4.69, 9.17) is 16.3 Å². The minimum Gasteiger partial charge on any atom is -0.487 e. The fraction of sp³-hybridized carbons (Fsp3) is 0.158. The molecule has 0 aromatic heterocycles. The molecule has 0 aliphatic heterocycles. The molecule has 0 bridgehead atoms. The number of fused-ring (bicyclic) bond motifs is 1. The van der Waals surface area contributed by atoms with Crippen molar-refractivity contribution in [2.24, 2.45) is 11.8 Å². The third-order valence-corrected chi connectivity index (χ3v) is 12.0. The second kappa shape index (κ2) is 15.4. The van der Waals surface area contributed by atoms with Crippen LogP contribution in [0.2, 0.25) is 5.02 Å². The standard InChI is InChI=1S/C38H28Br2ClN3O6S/c39-33-19-29-18-32(38(45)43-51(48,49)30-14-15-34(41)35(20-30)44(46)47)28(16-23-6-8-24(21-42)9-7-23)17-31(29)36(40)37(33)50-22-25-10-12-27(13-11-25)26-4-2-1-3-5-26/h1-15,19-20,28,32H,16-18,22H2,(H,43,45)/t28?,32-/m1/s1. The molecule has 1 aliphatic rings. The number of hydrogen-bond donors (Lipinski definition) is 1. The summed E-state index contributed by atoms with van der Waals surface area (Å²) in [5.41, 5.74) is 5.76. The zero-order chi connectivity index (χ0) is 36.3. The van der Waals surface area contributed by atoms with Gasteiger partial charge in [0, 0.05) is 12.0 Å². The molecule has 5 aromatic rings. The number of benzene rings is 5. The van der Waals surface area contributed by atoms with Crippen molar-refractivity contribution >= 4 is 65.1 Å². The molecular formula is C38H28Br2ClN3O6S. The first kappa shape index (κ1) is 36.3. The second-order valence-electron chi connectivity index (χ2n) is 12.1. The topological polar surface area (TPSA) is 139 Å². The second-order valence-corrected chi connectivity index (χ2v) is 15.9. The number of carbonyl (C=O) groups excluding carboxylic acids is 1. The summed E-state index contributed by atoms with van der Waals surface area (Å²) in [4.78, 5) is 24.0. The van der Waals surface area contributed by atoms with Crippen LogP contribution in [-0.2, 0) is 40.7 Å². The van der Waals surface area contributed by atoms with E-state index in [1.165, 1.54) is 0 Å². The van der Waals surface area contributed by atoms with E-state index in [0.717, 1.165) is 56.1 Å². The van der Waals surface area contributed by atoms with Crippen LogP contribution in [0, 0.1) is 33.3 Å². The molecule has 0 radical (unpaired) electrons. The van der Waals surface area contributed by atoms with Crippen molar-refractivity contribution in [3.63, 3.8) is 0 Å². The molecule has 9 nitrogen and oxygen atoms in total. The Bertz CT molecular complexity index is 2280. The Morgan fingerprint density at radius 1 is 0.941 bits per heavy atom. The molecule has 51 heavy (non-hydrogen) atoms. The molecule has 6 rings (SSSR count). The van der Waals surface area contributed by atoms with E-state index >= 15 is 0 Å². The van der Waals surface area contributed by atoms with Crippen molar-refractivity contribution in [3.8, 4) is 22.9 Å². The lowest BCUT2D eigenvalue weighted by molar-refractivity contribution is -0.384. The van der Waals surface area contributed by atoms with Crippen molar-refractivity contribution < 1.29 is 22.9 Å². The van der Waals surface area contributed by atoms with E-state index in [2.05, 4.69) is 66.9 Å². The summed E-state index contributed by atoms with van der Waals surface area (Å²) in [6.45, 7) is 0.311. The molecule has 258 valence electrons. The summed E-state index contributed by atoms with van der Waals surface area (Å²) in [6.07, 6.45) is 1.05. The van der Waals surface area contributed by atoms with Gasteiger partial charge in [0.05, 0.1) is 30.4 Å². The number of amides is 1. The van der Waals surface area contributed by atoms with Crippen molar-refractivity contribution in [1.82, 2.24) is 4.72 Å². The summed E-state index contributed by atoms with van der Waals surface area (Å²) in [7, 11) is -4.48. The summed E-state index contributed by atoms with van der Waals surface area (Å²) in [5.74, 6) is -1.26. The van der Waals surface area contributed by atoms with Crippen molar-refractivity contribution in [2.75, 3.05) is 0 Å². The van der Waals surface area contributed by atoms with Gasteiger partial charge in [0.15, 0.2) is 0 Å². The van der Waals surface area contributed by atoms with Crippen LogP contribution in [0.3, 0.4) is 0 Å². The van der Waals surface area contributed by atoms with E-state index < -0.39 is 37.4 Å². The fourth-order valence-electron chi connectivity index (χ4n) is 6.22. The largest absolute Gasteiger partial charge is 0.487 e. The Kier molecular flexibility index (Phi) is 10.9. The highest BCUT2D eigenvalue weighted by atomic mass is 79.9. The average Bonchev–Trinajstić information content (AvgIpc) is 3.12. The molecule has 2 atom stereocenters. The minimum atomic E-state index is -4.48. The predicted molar refractivity (Wildman–Crippen MR) is 201 cm³/mol. The Balaban J connectivity index is 1.27. The van der Waals surface area contributed by atoms with Gasteiger partial charge in [-0.25, -0.2) is 13.1 Å². The Morgan fingerprint density at radius 2 is 1.61 bits per heavy atom. The molecule has 0 spiro atoms. The van der Waals surface area contributed by atoms with Crippen LogP contribution >= 0.6 is 43.5 Å². The SMILES string of the molecule is N#Cc1ccc(CC2Cc3c(cc(Br)c(OCc4ccc(-c5ccccc5)cc4)c3Br)C[C@H]2C(=O)NS(=O)(=O)c2ccc(Cl)c([N+](=O)[O-])c2)cc1. The van der Waals surface area contributed by atoms with Gasteiger partial charge >= 0.3 is 0 Å². The molecule has 13 heteroatoms. The number of carbonyl (C=O) groups is 1. The first-order chi connectivity index (χ1) is 24.4. The molecule has 1 amide bonds. The van der Waals surface area contributed by atoms with Gasteiger partial charge < -0.3 is 4.74 Å². The lowest BCUT2D eigenvalue weighted by Gasteiger charge is -2.33. The van der Waals surface area contributed by atoms with Gasteiger partial charge in [-0.1, -0.05) is 78.3 Å². The summed E-state index contributed by atoms with van der Waals surface area (Å²) in [5, 5.41) is 20.4. The van der Waals surface area contributed by atoms with Crippen LogP contribution < -0.4 is 9.46 Å². The molecule has 0 fully saturated rings. The van der Waals surface area contributed by atoms with Crippen molar-refractivity contribution in [2.45, 2.75) is 30.8 Å². The van der Waals surface area contributed by atoms with Crippen LogP contribution in [0.25, 0.3) is 11.1 Å². The maximum atomic E-state index is 13.9. The molecule has 5 aromatic carbocycles. The number of nitrogens with one attached hydrogen (secondary N) is 1. The molecular weight excluding hydrogens is 822 g/mol. The third kappa shape index (κ3) is 8.18. The van der Waals surface area contributed by atoms with Crippen LogP contribution in [0.4, 0.5) is 5.69 Å². The van der Waals surface area contributed by atoms with Crippen LogP contribution in [0.15, 0.2) is 117 Å². The Hall–Kier alpha value is -4.54. The van der Waals surface area contributed by atoms with Gasteiger partial charge in [0.1, 0.15) is 17.4 Å². The van der Waals surface area contributed by atoms with Crippen LogP contribution in [-0.4, -0.2) is 19.2 Å². The number of nitrogens with zero attached hydrogens (tertiary/aromatic N) is 2. The van der Waals surface area contributed by atoms with Gasteiger partial charge in [-0.2, -0.15) is 5.26 Å². The Labute approximate surface area is 316 Å². The summed E-state index contributed by atoms with van der Waals surface area (Å²) in [6, 6.07) is 32.3. The maximum absolute atomic E-state index is 13.9. The van der Waals surface area contributed by atoms with Gasteiger partial charge in [0.25, 0.3) is 15.7 Å². The third-order valence-electron chi connectivity index (χ3n) is 8.87. The highest BCUT2D eigenvalue weighted by Crippen LogP contribution is 2.44. The number of nitriles is 1. The van der Waals surface area contributed by atoms with Gasteiger partial charge in [0.2, 0.25) is 5.91 Å². The van der Waals surface area contributed by atoms with E-state index in [-0.39, 0.29) is 17.4 Å². The first-order valence-electron chi connectivity index (χ1n) is 15.7.